The topological polar surface area (TPSA) is 24.5 Å². The molecule has 0 saturated carbocycles. The molecular weight excluding hydrogens is 248 g/mol. The van der Waals surface area contributed by atoms with Gasteiger partial charge in [0.05, 0.1) is 6.10 Å². The maximum absolute atomic E-state index is 5.55. The molecule has 3 nitrogen and oxygen atoms in total. The van der Waals surface area contributed by atoms with Crippen LogP contribution >= 0.6 is 0 Å². The minimum atomic E-state index is 0.371. The lowest BCUT2D eigenvalue weighted by atomic mass is 10.0. The predicted molar refractivity (Wildman–Crippen MR) is 85.4 cm³/mol. The molecule has 0 bridgehead atoms. The zero-order chi connectivity index (χ0) is 14.4. The van der Waals surface area contributed by atoms with Gasteiger partial charge in [-0.1, -0.05) is 25.1 Å². The Labute approximate surface area is 123 Å². The molecule has 2 unspecified atom stereocenters. The van der Waals surface area contributed by atoms with Crippen molar-refractivity contribution >= 4 is 5.69 Å². The number of nitrogens with one attached hydrogen (secondary N) is 1. The Morgan fingerprint density at radius 2 is 2.20 bits per heavy atom. The Hall–Kier alpha value is -1.06. The van der Waals surface area contributed by atoms with Crippen molar-refractivity contribution in [2.45, 2.75) is 45.3 Å². The van der Waals surface area contributed by atoms with Gasteiger partial charge in [0.1, 0.15) is 0 Å². The molecule has 1 heterocycles. The van der Waals surface area contributed by atoms with E-state index in [0.717, 1.165) is 19.6 Å². The summed E-state index contributed by atoms with van der Waals surface area (Å²) in [5, 5.41) is 3.60. The van der Waals surface area contributed by atoms with E-state index < -0.39 is 0 Å². The van der Waals surface area contributed by atoms with Gasteiger partial charge >= 0.3 is 0 Å². The Kier molecular flexibility index (Phi) is 5.86. The molecule has 2 rings (SSSR count). The average molecular weight is 276 g/mol. The van der Waals surface area contributed by atoms with Crippen molar-refractivity contribution in [3.8, 4) is 0 Å². The third-order valence-corrected chi connectivity index (χ3v) is 4.16. The van der Waals surface area contributed by atoms with Crippen LogP contribution < -0.4 is 10.2 Å². The van der Waals surface area contributed by atoms with Crippen LogP contribution in [0.25, 0.3) is 0 Å². The van der Waals surface area contributed by atoms with Gasteiger partial charge in [-0.3, -0.25) is 0 Å². The first kappa shape index (κ1) is 15.3. The van der Waals surface area contributed by atoms with Crippen LogP contribution in [-0.4, -0.2) is 32.8 Å². The Morgan fingerprint density at radius 1 is 1.40 bits per heavy atom. The maximum Gasteiger partial charge on any atom is 0.0746 e. The molecule has 2 atom stereocenters. The number of anilines is 1. The number of rotatable bonds is 6. The van der Waals surface area contributed by atoms with Gasteiger partial charge in [-0.15, -0.1) is 0 Å². The van der Waals surface area contributed by atoms with Crippen molar-refractivity contribution in [3.05, 3.63) is 29.8 Å². The van der Waals surface area contributed by atoms with Gasteiger partial charge in [-0.05, 0) is 44.4 Å². The standard InChI is InChI=1S/C17H28N2O/c1-4-11-18-14(2)16-9-5-6-10-17(16)19-12-7-8-15(13-19)20-3/h5-6,9-10,14-15,18H,4,7-8,11-13H2,1-3H3. The number of benzene rings is 1. The van der Waals surface area contributed by atoms with Gasteiger partial charge in [-0.25, -0.2) is 0 Å². The van der Waals surface area contributed by atoms with E-state index in [0.29, 0.717) is 12.1 Å². The first-order chi connectivity index (χ1) is 9.76. The minimum absolute atomic E-state index is 0.371. The number of hydrogen-bond acceptors (Lipinski definition) is 3. The van der Waals surface area contributed by atoms with Crippen LogP contribution in [0.4, 0.5) is 5.69 Å². The fourth-order valence-corrected chi connectivity index (χ4v) is 2.96. The summed E-state index contributed by atoms with van der Waals surface area (Å²) < 4.78 is 5.55. The summed E-state index contributed by atoms with van der Waals surface area (Å²) in [5.41, 5.74) is 2.77. The van der Waals surface area contributed by atoms with Gasteiger partial charge in [-0.2, -0.15) is 0 Å². The van der Waals surface area contributed by atoms with Gasteiger partial charge in [0, 0.05) is 31.9 Å². The van der Waals surface area contributed by atoms with Gasteiger partial charge in [0.25, 0.3) is 0 Å². The zero-order valence-corrected chi connectivity index (χ0v) is 13.1. The van der Waals surface area contributed by atoms with E-state index in [1.165, 1.54) is 30.5 Å². The van der Waals surface area contributed by atoms with E-state index in [-0.39, 0.29) is 0 Å². The van der Waals surface area contributed by atoms with E-state index in [1.54, 1.807) is 0 Å². The molecule has 1 fully saturated rings. The molecule has 1 aromatic carbocycles. The molecule has 0 spiro atoms. The fraction of sp³-hybridized carbons (Fsp3) is 0.647. The summed E-state index contributed by atoms with van der Waals surface area (Å²) in [6, 6.07) is 9.17. The van der Waals surface area contributed by atoms with E-state index in [2.05, 4.69) is 48.3 Å². The summed E-state index contributed by atoms with van der Waals surface area (Å²) in [6.07, 6.45) is 3.93. The summed E-state index contributed by atoms with van der Waals surface area (Å²) in [5.74, 6) is 0. The Morgan fingerprint density at radius 3 is 2.95 bits per heavy atom. The van der Waals surface area contributed by atoms with Crippen molar-refractivity contribution in [2.75, 3.05) is 31.6 Å². The number of nitrogens with zero attached hydrogens (tertiary/aromatic N) is 1. The van der Waals surface area contributed by atoms with Crippen molar-refractivity contribution in [2.24, 2.45) is 0 Å². The molecule has 0 amide bonds. The molecule has 20 heavy (non-hydrogen) atoms. The lowest BCUT2D eigenvalue weighted by Gasteiger charge is -2.35. The van der Waals surface area contributed by atoms with Gasteiger partial charge < -0.3 is 15.0 Å². The molecule has 1 aliphatic heterocycles. The van der Waals surface area contributed by atoms with Crippen LogP contribution in [0.15, 0.2) is 24.3 Å². The molecule has 0 aromatic heterocycles. The highest BCUT2D eigenvalue weighted by Crippen LogP contribution is 2.29. The van der Waals surface area contributed by atoms with Gasteiger partial charge in [0.15, 0.2) is 0 Å². The number of hydrogen-bond donors (Lipinski definition) is 1. The first-order valence-corrected chi connectivity index (χ1v) is 7.86. The summed E-state index contributed by atoms with van der Waals surface area (Å²) in [7, 11) is 1.82. The quantitative estimate of drug-likeness (QED) is 0.862. The van der Waals surface area contributed by atoms with E-state index in [9.17, 15) is 0 Å². The normalized spacial score (nSPS) is 20.9. The second kappa shape index (κ2) is 7.65. The van der Waals surface area contributed by atoms with Crippen LogP contribution in [0, 0.1) is 0 Å². The third-order valence-electron chi connectivity index (χ3n) is 4.16. The third kappa shape index (κ3) is 3.74. The molecule has 1 N–H and O–H groups in total. The lowest BCUT2D eigenvalue weighted by molar-refractivity contribution is 0.0893. The number of ether oxygens (including phenoxy) is 1. The first-order valence-electron chi connectivity index (χ1n) is 7.86. The van der Waals surface area contributed by atoms with E-state index in [4.69, 9.17) is 4.74 Å². The van der Waals surface area contributed by atoms with Crippen LogP contribution in [0.1, 0.15) is 44.7 Å². The highest BCUT2D eigenvalue weighted by molar-refractivity contribution is 5.55. The van der Waals surface area contributed by atoms with Crippen LogP contribution in [0.2, 0.25) is 0 Å². The van der Waals surface area contributed by atoms with Crippen LogP contribution in [-0.2, 0) is 4.74 Å². The van der Waals surface area contributed by atoms with Crippen LogP contribution in [0.5, 0.6) is 0 Å². The Balaban J connectivity index is 2.14. The van der Waals surface area contributed by atoms with Crippen molar-refractivity contribution in [1.82, 2.24) is 5.32 Å². The fourth-order valence-electron chi connectivity index (χ4n) is 2.96. The molecule has 1 saturated heterocycles. The minimum Gasteiger partial charge on any atom is -0.380 e. The maximum atomic E-state index is 5.55. The van der Waals surface area contributed by atoms with E-state index in [1.807, 2.05) is 7.11 Å². The zero-order valence-electron chi connectivity index (χ0n) is 13.1. The number of piperidine rings is 1. The summed E-state index contributed by atoms with van der Waals surface area (Å²) >= 11 is 0. The molecule has 112 valence electrons. The highest BCUT2D eigenvalue weighted by Gasteiger charge is 2.22. The molecular formula is C17H28N2O. The molecule has 3 heteroatoms. The number of para-hydroxylation sites is 1. The predicted octanol–water partition coefficient (Wildman–Crippen LogP) is 3.36. The van der Waals surface area contributed by atoms with Crippen LogP contribution in [0.3, 0.4) is 0 Å². The lowest BCUT2D eigenvalue weighted by Crippen LogP contribution is -2.40. The Bertz CT molecular complexity index is 408. The SMILES string of the molecule is CCCNC(C)c1ccccc1N1CCCC(OC)C1. The largest absolute Gasteiger partial charge is 0.380 e. The monoisotopic (exact) mass is 276 g/mol. The summed E-state index contributed by atoms with van der Waals surface area (Å²) in [6.45, 7) is 7.67. The molecule has 0 radical (unpaired) electrons. The number of methoxy groups -OCH3 is 1. The average Bonchev–Trinajstić information content (AvgIpc) is 2.52. The summed E-state index contributed by atoms with van der Waals surface area (Å²) in [4.78, 5) is 2.48. The second-order valence-electron chi connectivity index (χ2n) is 5.68. The van der Waals surface area contributed by atoms with E-state index >= 15 is 0 Å². The molecule has 1 aromatic rings. The van der Waals surface area contributed by atoms with Gasteiger partial charge in [0.2, 0.25) is 0 Å². The van der Waals surface area contributed by atoms with Crippen molar-refractivity contribution < 1.29 is 4.74 Å². The van der Waals surface area contributed by atoms with Crippen molar-refractivity contribution in [3.63, 3.8) is 0 Å². The molecule has 1 aliphatic rings. The highest BCUT2D eigenvalue weighted by atomic mass is 16.5. The smallest absolute Gasteiger partial charge is 0.0746 e. The second-order valence-corrected chi connectivity index (χ2v) is 5.68. The molecule has 0 aliphatic carbocycles. The van der Waals surface area contributed by atoms with Crippen molar-refractivity contribution in [1.29, 1.82) is 0 Å².